The van der Waals surface area contributed by atoms with Gasteiger partial charge < -0.3 is 9.64 Å². The van der Waals surface area contributed by atoms with E-state index in [2.05, 4.69) is 15.1 Å². The smallest absolute Gasteiger partial charge is 0.209 e. The topological polar surface area (TPSA) is 72.4 Å². The molecule has 1 aliphatic heterocycles. The standard InChI is InChI=1S/C20H21N3O3S3/c1-15-2-6-17(7-3-15)29(24,25)18-8-4-16(5-9-18)14-27-20-22-21-19(28-20)23-10-12-26-13-11-23/h2-9H,10-14H2,1H3. The molecule has 29 heavy (non-hydrogen) atoms. The lowest BCUT2D eigenvalue weighted by Gasteiger charge is -2.25. The number of hydrogen-bond donors (Lipinski definition) is 0. The molecule has 0 atom stereocenters. The summed E-state index contributed by atoms with van der Waals surface area (Å²) in [6.45, 7) is 5.07. The van der Waals surface area contributed by atoms with Crippen molar-refractivity contribution in [2.24, 2.45) is 0 Å². The lowest BCUT2D eigenvalue weighted by atomic mass is 10.2. The first-order valence-corrected chi connectivity index (χ1v) is 12.5. The normalized spacial score (nSPS) is 14.9. The number of rotatable bonds is 6. The van der Waals surface area contributed by atoms with Gasteiger partial charge in [0.05, 0.1) is 23.0 Å². The largest absolute Gasteiger partial charge is 0.378 e. The number of benzene rings is 2. The summed E-state index contributed by atoms with van der Waals surface area (Å²) in [5.74, 6) is 0.711. The molecule has 1 fully saturated rings. The Bertz CT molecular complexity index is 1060. The number of aromatic nitrogens is 2. The molecule has 4 rings (SSSR count). The molecule has 0 N–H and O–H groups in total. The average molecular weight is 448 g/mol. The van der Waals surface area contributed by atoms with Crippen LogP contribution in [0.15, 0.2) is 62.7 Å². The number of anilines is 1. The molecule has 0 spiro atoms. The number of nitrogens with zero attached hydrogens (tertiary/aromatic N) is 3. The molecule has 9 heteroatoms. The van der Waals surface area contributed by atoms with Crippen LogP contribution >= 0.6 is 23.1 Å². The Hall–Kier alpha value is -1.94. The second-order valence-electron chi connectivity index (χ2n) is 6.70. The number of aryl methyl sites for hydroxylation is 1. The Morgan fingerprint density at radius 1 is 1.00 bits per heavy atom. The molecule has 6 nitrogen and oxygen atoms in total. The molecular weight excluding hydrogens is 426 g/mol. The maximum atomic E-state index is 12.8. The zero-order valence-electron chi connectivity index (χ0n) is 15.9. The van der Waals surface area contributed by atoms with Crippen molar-refractivity contribution in [1.82, 2.24) is 10.2 Å². The van der Waals surface area contributed by atoms with Gasteiger partial charge in [0.15, 0.2) is 4.34 Å². The van der Waals surface area contributed by atoms with Crippen molar-refractivity contribution in [3.63, 3.8) is 0 Å². The Balaban J connectivity index is 1.40. The van der Waals surface area contributed by atoms with Crippen molar-refractivity contribution in [1.29, 1.82) is 0 Å². The summed E-state index contributed by atoms with van der Waals surface area (Å²) in [7, 11) is -3.49. The quantitative estimate of drug-likeness (QED) is 0.532. The molecule has 0 saturated carbocycles. The van der Waals surface area contributed by atoms with Gasteiger partial charge in [-0.1, -0.05) is 52.9 Å². The zero-order chi connectivity index (χ0) is 20.3. The summed E-state index contributed by atoms with van der Waals surface area (Å²) in [6.07, 6.45) is 0. The van der Waals surface area contributed by atoms with Crippen molar-refractivity contribution in [3.05, 3.63) is 59.7 Å². The Morgan fingerprint density at radius 3 is 2.28 bits per heavy atom. The predicted octanol–water partition coefficient (Wildman–Crippen LogP) is 3.81. The third kappa shape index (κ3) is 4.80. The van der Waals surface area contributed by atoms with Gasteiger partial charge in [0.1, 0.15) is 0 Å². The highest BCUT2D eigenvalue weighted by Crippen LogP contribution is 2.31. The Morgan fingerprint density at radius 2 is 1.62 bits per heavy atom. The summed E-state index contributed by atoms with van der Waals surface area (Å²) in [5, 5.41) is 9.47. The minimum atomic E-state index is -3.49. The molecule has 1 aromatic heterocycles. The van der Waals surface area contributed by atoms with Gasteiger partial charge in [-0.2, -0.15) is 0 Å². The molecule has 0 aliphatic carbocycles. The molecule has 2 heterocycles. The third-order valence-corrected chi connectivity index (χ3v) is 8.58. The van der Waals surface area contributed by atoms with E-state index in [1.165, 1.54) is 0 Å². The van der Waals surface area contributed by atoms with Crippen LogP contribution in [-0.4, -0.2) is 44.9 Å². The van der Waals surface area contributed by atoms with E-state index in [9.17, 15) is 8.42 Å². The molecule has 3 aromatic rings. The molecule has 1 aliphatic rings. The fraction of sp³-hybridized carbons (Fsp3) is 0.300. The monoisotopic (exact) mass is 447 g/mol. The van der Waals surface area contributed by atoms with Crippen molar-refractivity contribution >= 4 is 38.1 Å². The first-order valence-electron chi connectivity index (χ1n) is 9.22. The van der Waals surface area contributed by atoms with Crippen LogP contribution in [0.1, 0.15) is 11.1 Å². The van der Waals surface area contributed by atoms with Crippen molar-refractivity contribution in [2.45, 2.75) is 26.8 Å². The lowest BCUT2D eigenvalue weighted by molar-refractivity contribution is 0.122. The summed E-state index contributed by atoms with van der Waals surface area (Å²) in [6, 6.07) is 14.0. The van der Waals surface area contributed by atoms with E-state index < -0.39 is 9.84 Å². The number of hydrogen-bond acceptors (Lipinski definition) is 8. The minimum Gasteiger partial charge on any atom is -0.378 e. The average Bonchev–Trinajstić information content (AvgIpc) is 3.23. The van der Waals surface area contributed by atoms with Gasteiger partial charge in [0.2, 0.25) is 15.0 Å². The van der Waals surface area contributed by atoms with Crippen molar-refractivity contribution < 1.29 is 13.2 Å². The fourth-order valence-corrected chi connectivity index (χ4v) is 6.02. The highest BCUT2D eigenvalue weighted by atomic mass is 32.2. The van der Waals surface area contributed by atoms with Crippen LogP contribution in [0.25, 0.3) is 0 Å². The van der Waals surface area contributed by atoms with Gasteiger partial charge in [0.25, 0.3) is 0 Å². The van der Waals surface area contributed by atoms with E-state index in [-0.39, 0.29) is 0 Å². The van der Waals surface area contributed by atoms with Crippen molar-refractivity contribution in [3.8, 4) is 0 Å². The molecule has 0 amide bonds. The Kier molecular flexibility index (Phi) is 6.19. The summed E-state index contributed by atoms with van der Waals surface area (Å²) < 4.78 is 31.8. The van der Waals surface area contributed by atoms with E-state index in [0.29, 0.717) is 15.5 Å². The van der Waals surface area contributed by atoms with Crippen molar-refractivity contribution in [2.75, 3.05) is 31.2 Å². The van der Waals surface area contributed by atoms with E-state index in [4.69, 9.17) is 4.74 Å². The number of thioether (sulfide) groups is 1. The van der Waals surface area contributed by atoms with Gasteiger partial charge in [-0.15, -0.1) is 10.2 Å². The maximum Gasteiger partial charge on any atom is 0.209 e. The lowest BCUT2D eigenvalue weighted by Crippen LogP contribution is -2.36. The first-order chi connectivity index (χ1) is 14.0. The van der Waals surface area contributed by atoms with Gasteiger partial charge >= 0.3 is 0 Å². The summed E-state index contributed by atoms with van der Waals surface area (Å²) in [4.78, 5) is 2.81. The van der Waals surface area contributed by atoms with E-state index in [1.807, 2.05) is 31.2 Å². The van der Waals surface area contributed by atoms with Gasteiger partial charge in [0, 0.05) is 18.8 Å². The van der Waals surface area contributed by atoms with Crippen LogP contribution in [0.3, 0.4) is 0 Å². The second kappa shape index (κ2) is 8.83. The Labute approximate surface area is 178 Å². The zero-order valence-corrected chi connectivity index (χ0v) is 18.4. The maximum absolute atomic E-state index is 12.8. The van der Waals surface area contributed by atoms with Crippen LogP contribution in [0, 0.1) is 6.92 Å². The summed E-state index contributed by atoms with van der Waals surface area (Å²) in [5.41, 5.74) is 2.07. The van der Waals surface area contributed by atoms with Crippen LogP contribution in [0.2, 0.25) is 0 Å². The highest BCUT2D eigenvalue weighted by molar-refractivity contribution is 8.00. The minimum absolute atomic E-state index is 0.306. The van der Waals surface area contributed by atoms with Crippen LogP contribution < -0.4 is 4.90 Å². The highest BCUT2D eigenvalue weighted by Gasteiger charge is 2.18. The van der Waals surface area contributed by atoms with Crippen LogP contribution in [-0.2, 0) is 20.3 Å². The van der Waals surface area contributed by atoms with E-state index in [0.717, 1.165) is 46.9 Å². The van der Waals surface area contributed by atoms with Gasteiger partial charge in [-0.25, -0.2) is 8.42 Å². The molecule has 0 radical (unpaired) electrons. The number of morpholine rings is 1. The summed E-state index contributed by atoms with van der Waals surface area (Å²) >= 11 is 3.19. The predicted molar refractivity (Wildman–Crippen MR) is 116 cm³/mol. The van der Waals surface area contributed by atoms with Crippen LogP contribution in [0.5, 0.6) is 0 Å². The van der Waals surface area contributed by atoms with E-state index >= 15 is 0 Å². The fourth-order valence-electron chi connectivity index (χ4n) is 2.91. The SMILES string of the molecule is Cc1ccc(S(=O)(=O)c2ccc(CSc3nnc(N4CCOCC4)s3)cc2)cc1. The molecule has 152 valence electrons. The molecule has 0 unspecified atom stereocenters. The molecule has 1 saturated heterocycles. The van der Waals surface area contributed by atoms with E-state index in [1.54, 1.807) is 47.4 Å². The third-order valence-electron chi connectivity index (χ3n) is 4.60. The molecule has 0 bridgehead atoms. The second-order valence-corrected chi connectivity index (χ2v) is 10.8. The van der Waals surface area contributed by atoms with Gasteiger partial charge in [-0.05, 0) is 36.8 Å². The number of sulfone groups is 1. The molecular formula is C20H21N3O3S3. The number of ether oxygens (including phenoxy) is 1. The first kappa shape index (κ1) is 20.3. The van der Waals surface area contributed by atoms with Crippen LogP contribution in [0.4, 0.5) is 5.13 Å². The van der Waals surface area contributed by atoms with Gasteiger partial charge in [-0.3, -0.25) is 0 Å². The molecule has 2 aromatic carbocycles.